The van der Waals surface area contributed by atoms with Crippen LogP contribution in [0.1, 0.15) is 58.1 Å². The molecule has 1 aromatic rings. The van der Waals surface area contributed by atoms with Gasteiger partial charge in [0.25, 0.3) is 0 Å². The van der Waals surface area contributed by atoms with Crippen LogP contribution < -0.4 is 10.2 Å². The van der Waals surface area contributed by atoms with Crippen LogP contribution in [0.3, 0.4) is 0 Å². The van der Waals surface area contributed by atoms with Gasteiger partial charge < -0.3 is 10.2 Å². The fourth-order valence-corrected chi connectivity index (χ4v) is 2.95. The molecule has 0 spiro atoms. The lowest BCUT2D eigenvalue weighted by atomic mass is 10.1. The summed E-state index contributed by atoms with van der Waals surface area (Å²) in [5.74, 6) is 0. The number of nitrogens with zero attached hydrogens (tertiary/aromatic N) is 2. The lowest BCUT2D eigenvalue weighted by Gasteiger charge is -2.29. The maximum Gasteiger partial charge on any atom is 0.0562 e. The molecular formula is C17H29N3. The van der Waals surface area contributed by atoms with Gasteiger partial charge in [-0.05, 0) is 25.0 Å². The Labute approximate surface area is 123 Å². The van der Waals surface area contributed by atoms with Crippen molar-refractivity contribution in [2.75, 3.05) is 11.9 Å². The third kappa shape index (κ3) is 4.48. The third-order valence-corrected chi connectivity index (χ3v) is 4.27. The van der Waals surface area contributed by atoms with Gasteiger partial charge in [0, 0.05) is 37.6 Å². The maximum atomic E-state index is 4.47. The minimum Gasteiger partial charge on any atom is -0.372 e. The Morgan fingerprint density at radius 2 is 1.95 bits per heavy atom. The fourth-order valence-electron chi connectivity index (χ4n) is 2.95. The van der Waals surface area contributed by atoms with Crippen LogP contribution >= 0.6 is 0 Å². The lowest BCUT2D eigenvalue weighted by Crippen LogP contribution is -2.31. The topological polar surface area (TPSA) is 28.2 Å². The summed E-state index contributed by atoms with van der Waals surface area (Å²) in [6.45, 7) is 5.19. The molecule has 112 valence electrons. The van der Waals surface area contributed by atoms with Gasteiger partial charge in [0.1, 0.15) is 0 Å². The van der Waals surface area contributed by atoms with Gasteiger partial charge in [-0.15, -0.1) is 0 Å². The van der Waals surface area contributed by atoms with E-state index in [0.29, 0.717) is 12.1 Å². The first-order chi connectivity index (χ1) is 9.66. The van der Waals surface area contributed by atoms with Crippen LogP contribution in [0.15, 0.2) is 18.3 Å². The molecule has 0 saturated heterocycles. The van der Waals surface area contributed by atoms with E-state index in [4.69, 9.17) is 0 Å². The second-order valence-corrected chi connectivity index (χ2v) is 6.30. The largest absolute Gasteiger partial charge is 0.372 e. The summed E-state index contributed by atoms with van der Waals surface area (Å²) in [5, 5.41) is 3.44. The van der Waals surface area contributed by atoms with E-state index in [1.807, 2.05) is 6.20 Å². The molecule has 1 saturated carbocycles. The highest BCUT2D eigenvalue weighted by Crippen LogP contribution is 2.25. The van der Waals surface area contributed by atoms with Crippen molar-refractivity contribution in [3.05, 3.63) is 24.0 Å². The van der Waals surface area contributed by atoms with E-state index >= 15 is 0 Å². The van der Waals surface area contributed by atoms with Gasteiger partial charge in [-0.25, -0.2) is 0 Å². The predicted molar refractivity (Wildman–Crippen MR) is 86.1 cm³/mol. The zero-order valence-electron chi connectivity index (χ0n) is 13.2. The van der Waals surface area contributed by atoms with E-state index in [-0.39, 0.29) is 0 Å². The molecule has 1 heterocycles. The summed E-state index contributed by atoms with van der Waals surface area (Å²) in [7, 11) is 2.24. The molecule has 2 rings (SSSR count). The molecule has 3 heteroatoms. The van der Waals surface area contributed by atoms with E-state index in [0.717, 1.165) is 12.2 Å². The third-order valence-electron chi connectivity index (χ3n) is 4.27. The summed E-state index contributed by atoms with van der Waals surface area (Å²) < 4.78 is 0. The fraction of sp³-hybridized carbons (Fsp3) is 0.706. The number of rotatable bonds is 5. The Balaban J connectivity index is 2.01. The van der Waals surface area contributed by atoms with Crippen LogP contribution in [0, 0.1) is 0 Å². The molecule has 1 fully saturated rings. The van der Waals surface area contributed by atoms with Gasteiger partial charge in [0.2, 0.25) is 0 Å². The van der Waals surface area contributed by atoms with E-state index in [2.05, 4.69) is 48.2 Å². The molecule has 0 unspecified atom stereocenters. The van der Waals surface area contributed by atoms with Gasteiger partial charge >= 0.3 is 0 Å². The second-order valence-electron chi connectivity index (χ2n) is 6.30. The highest BCUT2D eigenvalue weighted by Gasteiger charge is 2.17. The standard InChI is InChI=1S/C17H29N3/c1-14(2)19-13-15-12-17(10-11-18-15)20(3)16-8-6-4-5-7-9-16/h10-12,14,16,19H,4-9,13H2,1-3H3. The lowest BCUT2D eigenvalue weighted by molar-refractivity contribution is 0.551. The summed E-state index contributed by atoms with van der Waals surface area (Å²) in [5.41, 5.74) is 2.45. The van der Waals surface area contributed by atoms with Crippen LogP contribution in [0.2, 0.25) is 0 Å². The number of anilines is 1. The average molecular weight is 275 g/mol. The Kier molecular flexibility index (Phi) is 5.84. The molecule has 0 radical (unpaired) electrons. The normalized spacial score (nSPS) is 17.2. The number of pyridine rings is 1. The number of hydrogen-bond donors (Lipinski definition) is 1. The Hall–Kier alpha value is -1.09. The van der Waals surface area contributed by atoms with Gasteiger partial charge in [0.15, 0.2) is 0 Å². The van der Waals surface area contributed by atoms with Crippen molar-refractivity contribution < 1.29 is 0 Å². The van der Waals surface area contributed by atoms with Crippen molar-refractivity contribution in [1.29, 1.82) is 0 Å². The average Bonchev–Trinajstić information content (AvgIpc) is 2.73. The van der Waals surface area contributed by atoms with Crippen LogP contribution in [0.25, 0.3) is 0 Å². The van der Waals surface area contributed by atoms with Crippen LogP contribution in [0.5, 0.6) is 0 Å². The molecule has 0 aliphatic heterocycles. The number of nitrogens with one attached hydrogen (secondary N) is 1. The highest BCUT2D eigenvalue weighted by atomic mass is 15.1. The van der Waals surface area contributed by atoms with E-state index in [9.17, 15) is 0 Å². The van der Waals surface area contributed by atoms with Gasteiger partial charge in [-0.3, -0.25) is 4.98 Å². The Morgan fingerprint density at radius 3 is 2.60 bits per heavy atom. The summed E-state index contributed by atoms with van der Waals surface area (Å²) in [4.78, 5) is 6.93. The summed E-state index contributed by atoms with van der Waals surface area (Å²) in [6.07, 6.45) is 10.2. The molecule has 0 bridgehead atoms. The molecule has 0 amide bonds. The van der Waals surface area contributed by atoms with Crippen molar-refractivity contribution >= 4 is 5.69 Å². The highest BCUT2D eigenvalue weighted by molar-refractivity contribution is 5.46. The quantitative estimate of drug-likeness (QED) is 0.830. The molecule has 0 aromatic carbocycles. The van der Waals surface area contributed by atoms with E-state index in [1.54, 1.807) is 0 Å². The molecule has 1 aliphatic carbocycles. The molecule has 20 heavy (non-hydrogen) atoms. The molecule has 0 atom stereocenters. The first-order valence-electron chi connectivity index (χ1n) is 8.08. The van der Waals surface area contributed by atoms with Gasteiger partial charge in [-0.1, -0.05) is 39.5 Å². The first kappa shape index (κ1) is 15.3. The molecule has 3 nitrogen and oxygen atoms in total. The second kappa shape index (κ2) is 7.63. The molecular weight excluding hydrogens is 246 g/mol. The molecule has 1 N–H and O–H groups in total. The zero-order valence-corrected chi connectivity index (χ0v) is 13.2. The number of hydrogen-bond acceptors (Lipinski definition) is 3. The Bertz CT molecular complexity index is 395. The van der Waals surface area contributed by atoms with Crippen molar-refractivity contribution in [3.8, 4) is 0 Å². The van der Waals surface area contributed by atoms with E-state index < -0.39 is 0 Å². The van der Waals surface area contributed by atoms with Crippen LogP contribution in [-0.2, 0) is 6.54 Å². The van der Waals surface area contributed by atoms with Crippen LogP contribution in [-0.4, -0.2) is 24.1 Å². The zero-order chi connectivity index (χ0) is 14.4. The van der Waals surface area contributed by atoms with Crippen LogP contribution in [0.4, 0.5) is 5.69 Å². The first-order valence-corrected chi connectivity index (χ1v) is 8.08. The van der Waals surface area contributed by atoms with Gasteiger partial charge in [-0.2, -0.15) is 0 Å². The number of aromatic nitrogens is 1. The SMILES string of the molecule is CC(C)NCc1cc(N(C)C2CCCCCC2)ccn1. The predicted octanol–water partition coefficient (Wildman–Crippen LogP) is 3.74. The monoisotopic (exact) mass is 275 g/mol. The van der Waals surface area contributed by atoms with Gasteiger partial charge in [0.05, 0.1) is 5.69 Å². The smallest absolute Gasteiger partial charge is 0.0562 e. The Morgan fingerprint density at radius 1 is 1.25 bits per heavy atom. The van der Waals surface area contributed by atoms with E-state index in [1.165, 1.54) is 44.2 Å². The molecule has 1 aliphatic rings. The minimum atomic E-state index is 0.500. The molecule has 1 aromatic heterocycles. The summed E-state index contributed by atoms with van der Waals surface area (Å²) >= 11 is 0. The minimum absolute atomic E-state index is 0.500. The van der Waals surface area contributed by atoms with Crippen molar-refractivity contribution in [2.45, 2.75) is 71.0 Å². The van der Waals surface area contributed by atoms with Crippen molar-refractivity contribution in [3.63, 3.8) is 0 Å². The van der Waals surface area contributed by atoms with Crippen molar-refractivity contribution in [1.82, 2.24) is 10.3 Å². The maximum absolute atomic E-state index is 4.47. The summed E-state index contributed by atoms with van der Waals surface area (Å²) in [6, 6.07) is 5.58. The van der Waals surface area contributed by atoms with Crippen molar-refractivity contribution in [2.24, 2.45) is 0 Å².